The van der Waals surface area contributed by atoms with Crippen molar-refractivity contribution in [1.29, 1.82) is 0 Å². The van der Waals surface area contributed by atoms with Crippen LogP contribution in [0.1, 0.15) is 6.42 Å². The van der Waals surface area contributed by atoms with Crippen molar-refractivity contribution in [2.24, 2.45) is 5.92 Å². The van der Waals surface area contributed by atoms with Crippen molar-refractivity contribution in [2.75, 3.05) is 18.1 Å². The lowest BCUT2D eigenvalue weighted by Gasteiger charge is -2.17. The average Bonchev–Trinajstić information content (AvgIpc) is 2.94. The number of fused-ring (bicyclic) bond motifs is 1. The van der Waals surface area contributed by atoms with Gasteiger partial charge in [0.1, 0.15) is 0 Å². The predicted octanol–water partition coefficient (Wildman–Crippen LogP) is 1.51. The summed E-state index contributed by atoms with van der Waals surface area (Å²) in [5.74, 6) is 0.162. The highest BCUT2D eigenvalue weighted by Crippen LogP contribution is 2.30. The van der Waals surface area contributed by atoms with Gasteiger partial charge in [0.05, 0.1) is 5.69 Å². The van der Waals surface area contributed by atoms with E-state index < -0.39 is 0 Å². The Morgan fingerprint density at radius 3 is 3.06 bits per heavy atom. The molecule has 1 aliphatic heterocycles. The maximum absolute atomic E-state index is 11.9. The normalized spacial score (nSPS) is 20.4. The first-order chi connectivity index (χ1) is 8.29. The quantitative estimate of drug-likeness (QED) is 0.821. The zero-order chi connectivity index (χ0) is 11.8. The second-order valence-electron chi connectivity index (χ2n) is 4.47. The van der Waals surface area contributed by atoms with E-state index in [4.69, 9.17) is 5.11 Å². The van der Waals surface area contributed by atoms with Gasteiger partial charge >= 0.3 is 0 Å². The van der Waals surface area contributed by atoms with E-state index in [1.165, 1.54) is 0 Å². The summed E-state index contributed by atoms with van der Waals surface area (Å²) in [5.41, 5.74) is 1.97. The van der Waals surface area contributed by atoms with Crippen LogP contribution in [0.5, 0.6) is 0 Å². The van der Waals surface area contributed by atoms with Crippen molar-refractivity contribution in [3.63, 3.8) is 0 Å². The van der Waals surface area contributed by atoms with Crippen molar-refractivity contribution in [3.8, 4) is 0 Å². The number of hydrogen-bond acceptors (Lipinski definition) is 2. The zero-order valence-electron chi connectivity index (χ0n) is 9.39. The number of aliphatic hydroxyl groups excluding tert-OH is 1. The molecule has 4 nitrogen and oxygen atoms in total. The molecular formula is C13H14N2O2. The smallest absolute Gasteiger partial charge is 0.227 e. The Bertz CT molecular complexity index is 561. The Labute approximate surface area is 98.9 Å². The minimum Gasteiger partial charge on any atom is -0.396 e. The van der Waals surface area contributed by atoms with Crippen LogP contribution >= 0.6 is 0 Å². The largest absolute Gasteiger partial charge is 0.396 e. The first kappa shape index (κ1) is 10.4. The number of amides is 1. The summed E-state index contributed by atoms with van der Waals surface area (Å²) in [6.07, 6.45) is 2.32. The minimum absolute atomic E-state index is 0.0664. The highest BCUT2D eigenvalue weighted by atomic mass is 16.3. The van der Waals surface area contributed by atoms with E-state index in [0.29, 0.717) is 13.0 Å². The number of aliphatic hydroxyl groups is 1. The summed E-state index contributed by atoms with van der Waals surface area (Å²) in [6.45, 7) is 0.685. The number of H-pyrrole nitrogens is 1. The van der Waals surface area contributed by atoms with Crippen molar-refractivity contribution < 1.29 is 9.90 Å². The monoisotopic (exact) mass is 230 g/mol. The molecule has 0 bridgehead atoms. The first-order valence-electron chi connectivity index (χ1n) is 5.77. The SMILES string of the molecule is O=C1CC(CO)CN1c1cccc2[nH]ccc12. The van der Waals surface area contributed by atoms with Gasteiger partial charge in [-0.25, -0.2) is 0 Å². The molecule has 88 valence electrons. The van der Waals surface area contributed by atoms with Crippen molar-refractivity contribution in [3.05, 3.63) is 30.5 Å². The Hall–Kier alpha value is -1.81. The standard InChI is InChI=1S/C13H14N2O2/c16-8-9-6-13(17)15(7-9)12-3-1-2-11-10(12)4-5-14-11/h1-5,9,14,16H,6-8H2. The number of benzene rings is 1. The van der Waals surface area contributed by atoms with Crippen molar-refractivity contribution >= 4 is 22.5 Å². The Kier molecular flexibility index (Phi) is 2.37. The number of aromatic amines is 1. The number of nitrogens with zero attached hydrogens (tertiary/aromatic N) is 1. The second kappa shape index (κ2) is 3.89. The molecule has 1 unspecified atom stereocenters. The summed E-state index contributed by atoms with van der Waals surface area (Å²) in [6, 6.07) is 7.86. The fourth-order valence-electron chi connectivity index (χ4n) is 2.44. The highest BCUT2D eigenvalue weighted by molar-refractivity contribution is 6.04. The molecule has 2 aromatic rings. The van der Waals surface area contributed by atoms with E-state index in [2.05, 4.69) is 4.98 Å². The van der Waals surface area contributed by atoms with Crippen LogP contribution in [0.15, 0.2) is 30.5 Å². The van der Waals surface area contributed by atoms with Gasteiger partial charge in [-0.1, -0.05) is 6.07 Å². The third-order valence-corrected chi connectivity index (χ3v) is 3.33. The van der Waals surface area contributed by atoms with Crippen LogP contribution in [-0.4, -0.2) is 29.1 Å². The molecule has 0 aliphatic carbocycles. The predicted molar refractivity (Wildman–Crippen MR) is 65.8 cm³/mol. The molecule has 0 radical (unpaired) electrons. The van der Waals surface area contributed by atoms with Crippen LogP contribution in [0.4, 0.5) is 5.69 Å². The van der Waals surface area contributed by atoms with Gasteiger partial charge in [-0.2, -0.15) is 0 Å². The molecule has 0 saturated carbocycles. The van der Waals surface area contributed by atoms with E-state index in [0.717, 1.165) is 16.6 Å². The fraction of sp³-hybridized carbons (Fsp3) is 0.308. The molecule has 1 aromatic heterocycles. The molecule has 0 spiro atoms. The molecule has 2 N–H and O–H groups in total. The third kappa shape index (κ3) is 1.61. The van der Waals surface area contributed by atoms with Crippen LogP contribution in [-0.2, 0) is 4.79 Å². The third-order valence-electron chi connectivity index (χ3n) is 3.33. The molecule has 4 heteroatoms. The van der Waals surface area contributed by atoms with Gasteiger partial charge in [0.15, 0.2) is 0 Å². The van der Waals surface area contributed by atoms with E-state index in [-0.39, 0.29) is 18.4 Å². The maximum Gasteiger partial charge on any atom is 0.227 e. The molecule has 2 heterocycles. The molecule has 17 heavy (non-hydrogen) atoms. The summed E-state index contributed by atoms with van der Waals surface area (Å²) < 4.78 is 0. The van der Waals surface area contributed by atoms with E-state index in [9.17, 15) is 4.79 Å². The van der Waals surface area contributed by atoms with Gasteiger partial charge in [0.2, 0.25) is 5.91 Å². The minimum atomic E-state index is 0.0664. The van der Waals surface area contributed by atoms with Gasteiger partial charge in [0.25, 0.3) is 0 Å². The van der Waals surface area contributed by atoms with Gasteiger partial charge in [0, 0.05) is 42.6 Å². The molecule has 1 saturated heterocycles. The highest BCUT2D eigenvalue weighted by Gasteiger charge is 2.30. The molecule has 1 aromatic carbocycles. The number of carbonyl (C=O) groups excluding carboxylic acids is 1. The summed E-state index contributed by atoms with van der Waals surface area (Å²) in [4.78, 5) is 16.8. The fourth-order valence-corrected chi connectivity index (χ4v) is 2.44. The zero-order valence-corrected chi connectivity index (χ0v) is 9.39. The number of anilines is 1. The lowest BCUT2D eigenvalue weighted by molar-refractivity contribution is -0.117. The molecular weight excluding hydrogens is 216 g/mol. The molecule has 1 atom stereocenters. The van der Waals surface area contributed by atoms with Crippen molar-refractivity contribution in [1.82, 2.24) is 4.98 Å². The first-order valence-corrected chi connectivity index (χ1v) is 5.77. The number of rotatable bonds is 2. The van der Waals surface area contributed by atoms with Gasteiger partial charge in [-0.05, 0) is 18.2 Å². The lowest BCUT2D eigenvalue weighted by Crippen LogP contribution is -2.24. The van der Waals surface area contributed by atoms with Gasteiger partial charge < -0.3 is 15.0 Å². The number of carbonyl (C=O) groups is 1. The van der Waals surface area contributed by atoms with Crippen LogP contribution < -0.4 is 4.90 Å². The number of nitrogens with one attached hydrogen (secondary N) is 1. The summed E-state index contributed by atoms with van der Waals surface area (Å²) in [5, 5.41) is 10.2. The van der Waals surface area contributed by atoms with Crippen LogP contribution in [0.3, 0.4) is 0 Å². The van der Waals surface area contributed by atoms with Crippen molar-refractivity contribution in [2.45, 2.75) is 6.42 Å². The van der Waals surface area contributed by atoms with Crippen LogP contribution in [0.2, 0.25) is 0 Å². The van der Waals surface area contributed by atoms with E-state index >= 15 is 0 Å². The summed E-state index contributed by atoms with van der Waals surface area (Å²) in [7, 11) is 0. The topological polar surface area (TPSA) is 56.3 Å². The molecule has 3 rings (SSSR count). The lowest BCUT2D eigenvalue weighted by atomic mass is 10.1. The second-order valence-corrected chi connectivity index (χ2v) is 4.47. The van der Waals surface area contributed by atoms with E-state index in [1.807, 2.05) is 30.5 Å². The number of hydrogen-bond donors (Lipinski definition) is 2. The molecule has 1 aliphatic rings. The van der Waals surface area contributed by atoms with E-state index in [1.54, 1.807) is 4.90 Å². The Morgan fingerprint density at radius 1 is 1.41 bits per heavy atom. The molecule has 1 amide bonds. The van der Waals surface area contributed by atoms with Crippen LogP contribution in [0.25, 0.3) is 10.9 Å². The average molecular weight is 230 g/mol. The Morgan fingerprint density at radius 2 is 2.29 bits per heavy atom. The maximum atomic E-state index is 11.9. The summed E-state index contributed by atoms with van der Waals surface area (Å²) >= 11 is 0. The van der Waals surface area contributed by atoms with Gasteiger partial charge in [-0.15, -0.1) is 0 Å². The Balaban J connectivity index is 2.04. The van der Waals surface area contributed by atoms with Gasteiger partial charge in [-0.3, -0.25) is 4.79 Å². The molecule has 1 fully saturated rings. The van der Waals surface area contributed by atoms with Crippen LogP contribution in [0, 0.1) is 5.92 Å². The number of aromatic nitrogens is 1.